The number of hydrogen-bond donors (Lipinski definition) is 0. The molecule has 172 valence electrons. The molecule has 0 spiro atoms. The highest BCUT2D eigenvalue weighted by Crippen LogP contribution is 2.29. The molecule has 33 heavy (non-hydrogen) atoms. The number of pyridine rings is 1. The number of aryl methyl sites for hydroxylation is 2. The Bertz CT molecular complexity index is 1460. The summed E-state index contributed by atoms with van der Waals surface area (Å²) in [5.41, 5.74) is 0.225. The van der Waals surface area contributed by atoms with Gasteiger partial charge in [-0.15, -0.1) is 0 Å². The van der Waals surface area contributed by atoms with Crippen molar-refractivity contribution in [3.05, 3.63) is 47.2 Å². The van der Waals surface area contributed by atoms with Gasteiger partial charge in [0.1, 0.15) is 17.2 Å². The summed E-state index contributed by atoms with van der Waals surface area (Å²) >= 11 is 0. The minimum atomic E-state index is -3.62. The predicted octanol–water partition coefficient (Wildman–Crippen LogP) is 0.153. The molecule has 0 N–H and O–H groups in total. The lowest BCUT2D eigenvalue weighted by molar-refractivity contribution is 0.0885. The highest BCUT2D eigenvalue weighted by Gasteiger charge is 2.41. The van der Waals surface area contributed by atoms with Gasteiger partial charge in [0.2, 0.25) is 30.0 Å². The van der Waals surface area contributed by atoms with E-state index in [1.165, 1.54) is 35.2 Å². The molecule has 0 saturated heterocycles. The van der Waals surface area contributed by atoms with E-state index in [0.717, 1.165) is 4.90 Å². The average molecular weight is 491 g/mol. The van der Waals surface area contributed by atoms with Crippen LogP contribution in [0.4, 0.5) is 5.82 Å². The van der Waals surface area contributed by atoms with Crippen LogP contribution >= 0.6 is 0 Å². The number of imidazole rings is 2. The predicted molar refractivity (Wildman–Crippen MR) is 113 cm³/mol. The number of carbonyl (C=O) groups is 2. The maximum atomic E-state index is 13.7. The molecule has 0 saturated carbocycles. The van der Waals surface area contributed by atoms with Crippen molar-refractivity contribution in [2.45, 2.75) is 37.2 Å². The molecule has 0 aliphatic carbocycles. The first-order valence-electron chi connectivity index (χ1n) is 9.92. The van der Waals surface area contributed by atoms with Crippen molar-refractivity contribution < 1.29 is 26.4 Å². The van der Waals surface area contributed by atoms with Crippen LogP contribution in [0.5, 0.6) is 0 Å². The summed E-state index contributed by atoms with van der Waals surface area (Å²) in [6.07, 6.45) is 1.40. The summed E-state index contributed by atoms with van der Waals surface area (Å²) in [4.78, 5) is 40.5. The molecule has 0 unspecified atom stereocenters. The Hall–Kier alpha value is -3.39. The fraction of sp³-hybridized carbons (Fsp3) is 0.316. The van der Waals surface area contributed by atoms with Gasteiger partial charge >= 0.3 is 0 Å². The number of carbonyl (C=O) groups excluding carboxylic acids is 2. The number of amides is 2. The first-order valence-corrected chi connectivity index (χ1v) is 13.2. The van der Waals surface area contributed by atoms with Crippen molar-refractivity contribution >= 4 is 37.3 Å². The molecule has 3 aromatic heterocycles. The third-order valence-electron chi connectivity index (χ3n) is 5.63. The van der Waals surface area contributed by atoms with E-state index in [4.69, 9.17) is 0 Å². The average Bonchev–Trinajstić information content (AvgIpc) is 3.44. The molecule has 12 nitrogen and oxygen atoms in total. The fourth-order valence-corrected chi connectivity index (χ4v) is 6.93. The van der Waals surface area contributed by atoms with E-state index in [1.807, 2.05) is 0 Å². The quantitative estimate of drug-likeness (QED) is 0.467. The number of sulfone groups is 2. The van der Waals surface area contributed by atoms with E-state index in [1.54, 1.807) is 12.1 Å². The van der Waals surface area contributed by atoms with Crippen molar-refractivity contribution in [2.24, 2.45) is 0 Å². The third-order valence-corrected chi connectivity index (χ3v) is 8.80. The molecule has 0 radical (unpaired) electrons. The summed E-state index contributed by atoms with van der Waals surface area (Å²) in [7, 11) is -7.25. The van der Waals surface area contributed by atoms with Crippen molar-refractivity contribution in [1.82, 2.24) is 24.1 Å². The van der Waals surface area contributed by atoms with Crippen LogP contribution in [0.2, 0.25) is 0 Å². The second kappa shape index (κ2) is 7.05. The van der Waals surface area contributed by atoms with Gasteiger partial charge in [0.15, 0.2) is 0 Å². The molecule has 14 heteroatoms. The number of imide groups is 1. The van der Waals surface area contributed by atoms with Gasteiger partial charge in [-0.1, -0.05) is 6.07 Å². The Labute approximate surface area is 188 Å². The van der Waals surface area contributed by atoms with Gasteiger partial charge in [-0.3, -0.25) is 9.59 Å². The topological polar surface area (TPSA) is 154 Å². The Balaban J connectivity index is 1.68. The molecule has 2 aliphatic heterocycles. The molecule has 5 heterocycles. The first-order chi connectivity index (χ1) is 15.5. The van der Waals surface area contributed by atoms with Crippen molar-refractivity contribution in [3.63, 3.8) is 0 Å². The number of nitrogens with zero attached hydrogens (tertiary/aromatic N) is 6. The molecule has 5 rings (SSSR count). The zero-order valence-corrected chi connectivity index (χ0v) is 19.2. The van der Waals surface area contributed by atoms with Crippen LogP contribution in [-0.2, 0) is 32.8 Å². The van der Waals surface area contributed by atoms with E-state index < -0.39 is 31.5 Å². The second-order valence-electron chi connectivity index (χ2n) is 7.73. The van der Waals surface area contributed by atoms with Crippen molar-refractivity contribution in [3.8, 4) is 0 Å². The molecular weight excluding hydrogens is 472 g/mol. The van der Waals surface area contributed by atoms with Crippen LogP contribution in [0.1, 0.15) is 32.4 Å². The highest BCUT2D eigenvalue weighted by atomic mass is 32.2. The summed E-state index contributed by atoms with van der Waals surface area (Å²) < 4.78 is 51.7. The summed E-state index contributed by atoms with van der Waals surface area (Å²) in [5.74, 6) is -2.02. The molecule has 0 atom stereocenters. The minimum Gasteiger partial charge on any atom is -0.310 e. The lowest BCUT2D eigenvalue weighted by atomic mass is 10.2. The van der Waals surface area contributed by atoms with E-state index >= 15 is 0 Å². The van der Waals surface area contributed by atoms with Crippen molar-refractivity contribution in [2.75, 3.05) is 16.4 Å². The van der Waals surface area contributed by atoms with Gasteiger partial charge in [-0.25, -0.2) is 36.7 Å². The SMILES string of the molecule is Cc1nc2n(c1C(=O)N(C(=O)c1c(C)nc3n1CCS3(=O)=O)c1ccccn1)CCS2(=O)=O. The molecule has 3 aromatic rings. The molecule has 2 aliphatic rings. The van der Waals surface area contributed by atoms with Gasteiger partial charge in [0, 0.05) is 19.3 Å². The summed E-state index contributed by atoms with van der Waals surface area (Å²) in [6, 6.07) is 4.65. The smallest absolute Gasteiger partial charge is 0.285 e. The number of anilines is 1. The monoisotopic (exact) mass is 490 g/mol. The lowest BCUT2D eigenvalue weighted by Crippen LogP contribution is -2.40. The second-order valence-corrected chi connectivity index (χ2v) is 11.7. The molecule has 0 aromatic carbocycles. The van der Waals surface area contributed by atoms with E-state index in [2.05, 4.69) is 15.0 Å². The van der Waals surface area contributed by atoms with Gasteiger partial charge in [0.25, 0.3) is 11.8 Å². The van der Waals surface area contributed by atoms with Crippen LogP contribution in [-0.4, -0.2) is 64.2 Å². The zero-order chi connectivity index (χ0) is 23.7. The van der Waals surface area contributed by atoms with Crippen LogP contribution in [0.3, 0.4) is 0 Å². The molecule has 0 fully saturated rings. The fourth-order valence-electron chi connectivity index (χ4n) is 4.13. The zero-order valence-electron chi connectivity index (χ0n) is 17.6. The van der Waals surface area contributed by atoms with E-state index in [0.29, 0.717) is 0 Å². The lowest BCUT2D eigenvalue weighted by Gasteiger charge is -2.21. The minimum absolute atomic E-state index is 0.000826. The van der Waals surface area contributed by atoms with Gasteiger partial charge in [-0.05, 0) is 26.0 Å². The van der Waals surface area contributed by atoms with Gasteiger partial charge < -0.3 is 9.13 Å². The summed E-state index contributed by atoms with van der Waals surface area (Å²) in [5, 5.41) is -0.437. The Morgan fingerprint density at radius 2 is 1.33 bits per heavy atom. The number of aromatic nitrogens is 5. The first kappa shape index (κ1) is 21.5. The molecule has 2 amide bonds. The maximum Gasteiger partial charge on any atom is 0.285 e. The number of rotatable bonds is 3. The van der Waals surface area contributed by atoms with Gasteiger partial charge in [-0.2, -0.15) is 0 Å². The van der Waals surface area contributed by atoms with E-state index in [9.17, 15) is 26.4 Å². The van der Waals surface area contributed by atoms with Crippen LogP contribution < -0.4 is 4.90 Å². The number of hydrogen-bond acceptors (Lipinski definition) is 9. The third kappa shape index (κ3) is 3.12. The van der Waals surface area contributed by atoms with Crippen molar-refractivity contribution in [1.29, 1.82) is 0 Å². The van der Waals surface area contributed by atoms with Crippen LogP contribution in [0.25, 0.3) is 0 Å². The Kier molecular flexibility index (Phi) is 4.59. The van der Waals surface area contributed by atoms with Gasteiger partial charge in [0.05, 0.1) is 22.9 Å². The number of fused-ring (bicyclic) bond motifs is 2. The largest absolute Gasteiger partial charge is 0.310 e. The molecule has 0 bridgehead atoms. The normalized spacial score (nSPS) is 17.5. The van der Waals surface area contributed by atoms with E-state index in [-0.39, 0.29) is 63.5 Å². The summed E-state index contributed by atoms with van der Waals surface area (Å²) in [6.45, 7) is 3.04. The Morgan fingerprint density at radius 3 is 1.76 bits per heavy atom. The Morgan fingerprint density at radius 1 is 0.848 bits per heavy atom. The highest BCUT2D eigenvalue weighted by molar-refractivity contribution is 7.91. The standard InChI is InChI=1S/C19H18N6O6S2/c1-11-14(23-7-9-32(28,29)18(23)21-11)16(26)25(13-5-3-4-6-20-13)17(27)15-12(2)22-19-24(15)8-10-33(19,30)31/h3-6H,7-10H2,1-2H3. The van der Waals surface area contributed by atoms with Crippen LogP contribution in [0.15, 0.2) is 34.7 Å². The van der Waals surface area contributed by atoms with Crippen LogP contribution in [0, 0.1) is 13.8 Å². The maximum absolute atomic E-state index is 13.7. The molecular formula is C19H18N6O6S2.